The maximum atomic E-state index is 2.45. The van der Waals surface area contributed by atoms with Crippen molar-refractivity contribution >= 4 is 0 Å². The van der Waals surface area contributed by atoms with Gasteiger partial charge in [0.1, 0.15) is 0 Å². The molecule has 0 nitrogen and oxygen atoms in total. The molecule has 1 aliphatic rings. The first-order valence-corrected chi connectivity index (χ1v) is 4.73. The molecule has 0 N–H and O–H groups in total. The highest BCUT2D eigenvalue weighted by atomic mass is 14.1. The van der Waals surface area contributed by atoms with Crippen LogP contribution in [0.1, 0.15) is 39.5 Å². The van der Waals surface area contributed by atoms with Crippen molar-refractivity contribution in [2.75, 3.05) is 0 Å². The molecule has 0 heteroatoms. The molecule has 0 aromatic carbocycles. The Bertz CT molecular complexity index is 163. The third-order valence-corrected chi connectivity index (χ3v) is 2.29. The molecule has 0 saturated carbocycles. The van der Waals surface area contributed by atoms with Crippen LogP contribution in [0.15, 0.2) is 23.8 Å². The van der Waals surface area contributed by atoms with Crippen molar-refractivity contribution in [1.29, 1.82) is 0 Å². The van der Waals surface area contributed by atoms with Crippen molar-refractivity contribution in [3.63, 3.8) is 0 Å². The molecule has 0 aromatic heterocycles. The minimum atomic E-state index is 0.740. The van der Waals surface area contributed by atoms with Crippen molar-refractivity contribution in [2.24, 2.45) is 5.92 Å². The second-order valence-corrected chi connectivity index (χ2v) is 3.26. The Labute approximate surface area is 70.0 Å². The van der Waals surface area contributed by atoms with Gasteiger partial charge in [0.25, 0.3) is 0 Å². The highest BCUT2D eigenvalue weighted by Gasteiger charge is 2.05. The van der Waals surface area contributed by atoms with E-state index in [4.69, 9.17) is 0 Å². The van der Waals surface area contributed by atoms with E-state index in [0.29, 0.717) is 0 Å². The topological polar surface area (TPSA) is 0 Å². The number of allylic oxidation sites excluding steroid dienone is 4. The van der Waals surface area contributed by atoms with Crippen molar-refractivity contribution in [3.05, 3.63) is 23.8 Å². The van der Waals surface area contributed by atoms with Gasteiger partial charge in [0, 0.05) is 0 Å². The van der Waals surface area contributed by atoms with E-state index in [-0.39, 0.29) is 0 Å². The van der Waals surface area contributed by atoms with Gasteiger partial charge in [-0.05, 0) is 25.2 Å². The van der Waals surface area contributed by atoms with Crippen LogP contribution in [0.5, 0.6) is 0 Å². The van der Waals surface area contributed by atoms with Gasteiger partial charge in [0.2, 0.25) is 0 Å². The van der Waals surface area contributed by atoms with Crippen LogP contribution in [0.2, 0.25) is 0 Å². The molecule has 1 aliphatic carbocycles. The molecule has 0 bridgehead atoms. The first kappa shape index (κ1) is 8.58. The summed E-state index contributed by atoms with van der Waals surface area (Å²) in [6.07, 6.45) is 12.1. The monoisotopic (exact) mass is 150 g/mol. The van der Waals surface area contributed by atoms with Crippen LogP contribution >= 0.6 is 0 Å². The maximum Gasteiger partial charge on any atom is -0.00507 e. The predicted octanol–water partition coefficient (Wildman–Crippen LogP) is 3.70. The summed E-state index contributed by atoms with van der Waals surface area (Å²) < 4.78 is 0. The van der Waals surface area contributed by atoms with Crippen molar-refractivity contribution < 1.29 is 0 Å². The molecular weight excluding hydrogens is 132 g/mol. The van der Waals surface area contributed by atoms with E-state index in [9.17, 15) is 0 Å². The molecule has 0 aromatic rings. The molecule has 1 atom stereocenters. The lowest BCUT2D eigenvalue weighted by molar-refractivity contribution is 0.672. The Balaban J connectivity index is 2.47. The quantitative estimate of drug-likeness (QED) is 0.538. The van der Waals surface area contributed by atoms with E-state index >= 15 is 0 Å². The predicted molar refractivity (Wildman–Crippen MR) is 50.5 cm³/mol. The van der Waals surface area contributed by atoms with Crippen LogP contribution in [0.3, 0.4) is 0 Å². The minimum absolute atomic E-state index is 0.740. The van der Waals surface area contributed by atoms with Gasteiger partial charge in [0.15, 0.2) is 0 Å². The molecule has 1 rings (SSSR count). The first-order valence-electron chi connectivity index (χ1n) is 4.73. The van der Waals surface area contributed by atoms with Crippen LogP contribution < -0.4 is 0 Å². The van der Waals surface area contributed by atoms with Gasteiger partial charge in [-0.15, -0.1) is 0 Å². The number of rotatable bonds is 3. The molecule has 11 heavy (non-hydrogen) atoms. The summed E-state index contributed by atoms with van der Waals surface area (Å²) in [6, 6.07) is 0. The van der Waals surface area contributed by atoms with Gasteiger partial charge >= 0.3 is 0 Å². The Morgan fingerprint density at radius 3 is 2.91 bits per heavy atom. The van der Waals surface area contributed by atoms with Crippen LogP contribution in [0, 0.1) is 5.92 Å². The summed E-state index contributed by atoms with van der Waals surface area (Å²) in [5, 5.41) is 0. The highest BCUT2D eigenvalue weighted by Crippen LogP contribution is 2.21. The molecule has 0 unspecified atom stereocenters. The summed E-state index contributed by atoms with van der Waals surface area (Å²) in [4.78, 5) is 0. The molecule has 62 valence electrons. The summed E-state index contributed by atoms with van der Waals surface area (Å²) in [7, 11) is 0. The van der Waals surface area contributed by atoms with E-state index in [1.54, 1.807) is 5.57 Å². The summed E-state index contributed by atoms with van der Waals surface area (Å²) in [6.45, 7) is 4.50. The zero-order valence-electron chi connectivity index (χ0n) is 7.64. The molecule has 0 saturated heterocycles. The zero-order valence-corrected chi connectivity index (χ0v) is 7.64. The first-order chi connectivity index (χ1) is 5.36. The second-order valence-electron chi connectivity index (χ2n) is 3.26. The van der Waals surface area contributed by atoms with Gasteiger partial charge in [-0.3, -0.25) is 0 Å². The normalized spacial score (nSPS) is 23.5. The highest BCUT2D eigenvalue weighted by molar-refractivity contribution is 5.17. The van der Waals surface area contributed by atoms with Gasteiger partial charge in [-0.25, -0.2) is 0 Å². The van der Waals surface area contributed by atoms with Crippen LogP contribution in [0.4, 0.5) is 0 Å². The molecule has 0 spiro atoms. The lowest BCUT2D eigenvalue weighted by Crippen LogP contribution is -1.97. The van der Waals surface area contributed by atoms with E-state index in [1.807, 2.05) is 0 Å². The Kier molecular flexibility index (Phi) is 3.41. The van der Waals surface area contributed by atoms with Gasteiger partial charge in [0.05, 0.1) is 0 Å². The second kappa shape index (κ2) is 4.38. The molecular formula is C11H18. The van der Waals surface area contributed by atoms with Crippen LogP contribution in [-0.4, -0.2) is 0 Å². The van der Waals surface area contributed by atoms with Crippen LogP contribution in [0.25, 0.3) is 0 Å². The minimum Gasteiger partial charge on any atom is -0.0839 e. The van der Waals surface area contributed by atoms with Gasteiger partial charge in [-0.2, -0.15) is 0 Å². The lowest BCUT2D eigenvalue weighted by Gasteiger charge is -2.13. The van der Waals surface area contributed by atoms with E-state index in [0.717, 1.165) is 5.92 Å². The van der Waals surface area contributed by atoms with E-state index < -0.39 is 0 Å². The standard InChI is InChI=1S/C11H18/c1-3-6-11-8-5-7-10(4-2)9-11/h5,8-9,11H,3-4,6-7H2,1-2H3/t11-/m1/s1. The fraction of sp³-hybridized carbons (Fsp3) is 0.636. The number of hydrogen-bond donors (Lipinski definition) is 0. The summed E-state index contributed by atoms with van der Waals surface area (Å²) in [5.74, 6) is 0.740. The third kappa shape index (κ3) is 2.53. The van der Waals surface area contributed by atoms with Gasteiger partial charge < -0.3 is 0 Å². The summed E-state index contributed by atoms with van der Waals surface area (Å²) in [5.41, 5.74) is 1.62. The smallest absolute Gasteiger partial charge is 0.00507 e. The van der Waals surface area contributed by atoms with Crippen molar-refractivity contribution in [3.8, 4) is 0 Å². The Morgan fingerprint density at radius 1 is 1.45 bits per heavy atom. The largest absolute Gasteiger partial charge is 0.0839 e. The van der Waals surface area contributed by atoms with Crippen LogP contribution in [-0.2, 0) is 0 Å². The van der Waals surface area contributed by atoms with E-state index in [2.05, 4.69) is 32.1 Å². The molecule has 0 amide bonds. The van der Waals surface area contributed by atoms with Crippen molar-refractivity contribution in [2.45, 2.75) is 39.5 Å². The number of hydrogen-bond acceptors (Lipinski definition) is 0. The zero-order chi connectivity index (χ0) is 8.10. The third-order valence-electron chi connectivity index (χ3n) is 2.29. The Morgan fingerprint density at radius 2 is 2.27 bits per heavy atom. The molecule has 0 aliphatic heterocycles. The SMILES string of the molecule is CCC[C@@H]1C=CCC(CC)=C1. The fourth-order valence-electron chi connectivity index (χ4n) is 1.60. The molecule has 0 fully saturated rings. The fourth-order valence-corrected chi connectivity index (χ4v) is 1.60. The average Bonchev–Trinajstić information content (AvgIpc) is 2.06. The van der Waals surface area contributed by atoms with Crippen molar-refractivity contribution in [1.82, 2.24) is 0 Å². The van der Waals surface area contributed by atoms with E-state index in [1.165, 1.54) is 25.7 Å². The summed E-state index contributed by atoms with van der Waals surface area (Å²) >= 11 is 0. The van der Waals surface area contributed by atoms with Gasteiger partial charge in [-0.1, -0.05) is 44.1 Å². The lowest BCUT2D eigenvalue weighted by atomic mass is 9.93. The Hall–Kier alpha value is -0.520. The molecule has 0 heterocycles. The molecule has 0 radical (unpaired) electrons. The average molecular weight is 150 g/mol. The maximum absolute atomic E-state index is 2.45.